The first-order valence-corrected chi connectivity index (χ1v) is 3.79. The van der Waals surface area contributed by atoms with Crippen LogP contribution in [0.25, 0.3) is 0 Å². The van der Waals surface area contributed by atoms with Crippen LogP contribution in [0.3, 0.4) is 0 Å². The Kier molecular flexibility index (Phi) is 2.82. The van der Waals surface area contributed by atoms with E-state index in [-0.39, 0.29) is 0 Å². The molecule has 3 nitrogen and oxygen atoms in total. The maximum atomic E-state index is 5.53. The molecule has 1 aromatic rings. The zero-order valence-corrected chi connectivity index (χ0v) is 7.17. The number of benzene rings is 1. The van der Waals surface area contributed by atoms with Crippen molar-refractivity contribution in [3.8, 4) is 0 Å². The van der Waals surface area contributed by atoms with E-state index in [9.17, 15) is 0 Å². The van der Waals surface area contributed by atoms with Gasteiger partial charge in [-0.1, -0.05) is 12.1 Å². The summed E-state index contributed by atoms with van der Waals surface area (Å²) in [5, 5.41) is 3.60. The third-order valence-electron chi connectivity index (χ3n) is 1.68. The Labute approximate surface area is 72.3 Å². The molecule has 64 valence electrons. The van der Waals surface area contributed by atoms with Gasteiger partial charge in [0.1, 0.15) is 0 Å². The third kappa shape index (κ3) is 1.83. The number of hydrogen-bond donors (Lipinski definition) is 2. The van der Waals surface area contributed by atoms with Crippen molar-refractivity contribution in [1.29, 1.82) is 0 Å². The van der Waals surface area contributed by atoms with Gasteiger partial charge in [-0.3, -0.25) is 5.43 Å². The van der Waals surface area contributed by atoms with Crippen molar-refractivity contribution in [1.82, 2.24) is 0 Å². The number of hydrogen-bond acceptors (Lipinski definition) is 3. The summed E-state index contributed by atoms with van der Waals surface area (Å²) in [6.45, 7) is 5.89. The quantitative estimate of drug-likeness (QED) is 0.524. The largest absolute Gasteiger partial charge is 0.326 e. The lowest BCUT2D eigenvalue weighted by Gasteiger charge is -2.06. The molecule has 0 amide bonds. The maximum absolute atomic E-state index is 5.53. The standard InChI is InChI=1S/C9H13N3/c1-7-3-4-8(6-10)9(5-7)12-11-2/h3-5,12H,2,6,10H2,1H3. The molecule has 0 atom stereocenters. The summed E-state index contributed by atoms with van der Waals surface area (Å²) in [6.07, 6.45) is 0. The molecule has 0 aliphatic carbocycles. The molecule has 1 aromatic carbocycles. The van der Waals surface area contributed by atoms with Crippen LogP contribution in [-0.2, 0) is 6.54 Å². The molecule has 1 rings (SSSR count). The smallest absolute Gasteiger partial charge is 0.0609 e. The highest BCUT2D eigenvalue weighted by Gasteiger charge is 1.98. The van der Waals surface area contributed by atoms with E-state index in [4.69, 9.17) is 5.73 Å². The molecule has 0 aliphatic rings. The van der Waals surface area contributed by atoms with E-state index in [0.717, 1.165) is 11.3 Å². The van der Waals surface area contributed by atoms with Crippen molar-refractivity contribution in [3.05, 3.63) is 29.3 Å². The minimum atomic E-state index is 0.512. The van der Waals surface area contributed by atoms with E-state index in [1.54, 1.807) is 0 Å². The maximum Gasteiger partial charge on any atom is 0.0609 e. The Morgan fingerprint density at radius 1 is 1.58 bits per heavy atom. The molecule has 0 heterocycles. The van der Waals surface area contributed by atoms with Crippen LogP contribution in [0.5, 0.6) is 0 Å². The predicted octanol–water partition coefficient (Wildman–Crippen LogP) is 1.48. The van der Waals surface area contributed by atoms with E-state index in [1.165, 1.54) is 5.56 Å². The molecule has 0 aromatic heterocycles. The average molecular weight is 163 g/mol. The summed E-state index contributed by atoms with van der Waals surface area (Å²) in [7, 11) is 0. The topological polar surface area (TPSA) is 50.4 Å². The number of nitrogens with one attached hydrogen (secondary N) is 1. The Balaban J connectivity index is 3.03. The average Bonchev–Trinajstić information content (AvgIpc) is 2.05. The van der Waals surface area contributed by atoms with Gasteiger partial charge < -0.3 is 5.73 Å². The second-order valence-corrected chi connectivity index (χ2v) is 2.63. The van der Waals surface area contributed by atoms with Gasteiger partial charge in [0, 0.05) is 13.3 Å². The molecule has 0 saturated heterocycles. The van der Waals surface area contributed by atoms with Crippen molar-refractivity contribution < 1.29 is 0 Å². The second kappa shape index (κ2) is 3.88. The molecule has 0 unspecified atom stereocenters. The summed E-state index contributed by atoms with van der Waals surface area (Å²) in [5.74, 6) is 0. The lowest BCUT2D eigenvalue weighted by Crippen LogP contribution is -2.01. The highest BCUT2D eigenvalue weighted by atomic mass is 15.3. The number of aryl methyl sites for hydroxylation is 1. The van der Waals surface area contributed by atoms with Crippen molar-refractivity contribution in [2.75, 3.05) is 5.43 Å². The highest BCUT2D eigenvalue weighted by molar-refractivity contribution is 5.53. The molecular formula is C9H13N3. The highest BCUT2D eigenvalue weighted by Crippen LogP contribution is 2.16. The van der Waals surface area contributed by atoms with Crippen LogP contribution in [0.1, 0.15) is 11.1 Å². The fourth-order valence-corrected chi connectivity index (χ4v) is 1.06. The van der Waals surface area contributed by atoms with Crippen molar-refractivity contribution in [3.63, 3.8) is 0 Å². The van der Waals surface area contributed by atoms with Crippen LogP contribution in [0.15, 0.2) is 23.3 Å². The van der Waals surface area contributed by atoms with Crippen molar-refractivity contribution >= 4 is 12.4 Å². The summed E-state index contributed by atoms with van der Waals surface area (Å²) in [6, 6.07) is 6.01. The molecule has 3 N–H and O–H groups in total. The van der Waals surface area contributed by atoms with Crippen LogP contribution in [0.4, 0.5) is 5.69 Å². The SMILES string of the molecule is C=NNc1cc(C)ccc1CN. The predicted molar refractivity (Wildman–Crippen MR) is 52.2 cm³/mol. The van der Waals surface area contributed by atoms with Crippen LogP contribution in [0, 0.1) is 6.92 Å². The number of rotatable bonds is 3. The van der Waals surface area contributed by atoms with E-state index in [2.05, 4.69) is 17.2 Å². The zero-order chi connectivity index (χ0) is 8.97. The molecule has 0 aliphatic heterocycles. The number of nitrogens with two attached hydrogens (primary N) is 1. The van der Waals surface area contributed by atoms with Gasteiger partial charge in [-0.2, -0.15) is 5.10 Å². The van der Waals surface area contributed by atoms with Crippen molar-refractivity contribution in [2.24, 2.45) is 10.8 Å². The molecule has 0 bridgehead atoms. The van der Waals surface area contributed by atoms with Crippen LogP contribution >= 0.6 is 0 Å². The number of anilines is 1. The van der Waals surface area contributed by atoms with E-state index >= 15 is 0 Å². The van der Waals surface area contributed by atoms with Crippen LogP contribution in [-0.4, -0.2) is 6.72 Å². The Bertz CT molecular complexity index is 281. The molecule has 12 heavy (non-hydrogen) atoms. The van der Waals surface area contributed by atoms with Gasteiger partial charge >= 0.3 is 0 Å². The monoisotopic (exact) mass is 163 g/mol. The summed E-state index contributed by atoms with van der Waals surface area (Å²) in [5.41, 5.74) is 11.5. The van der Waals surface area contributed by atoms with E-state index in [1.807, 2.05) is 25.1 Å². The normalized spacial score (nSPS) is 9.50. The number of nitrogens with zero attached hydrogens (tertiary/aromatic N) is 1. The molecule has 0 fully saturated rings. The molecule has 0 spiro atoms. The van der Waals surface area contributed by atoms with Gasteiger partial charge in [-0.15, -0.1) is 0 Å². The second-order valence-electron chi connectivity index (χ2n) is 2.63. The molecular weight excluding hydrogens is 150 g/mol. The molecule has 0 radical (unpaired) electrons. The molecule has 3 heteroatoms. The fourth-order valence-electron chi connectivity index (χ4n) is 1.06. The lowest BCUT2D eigenvalue weighted by molar-refractivity contribution is 1.06. The van der Waals surface area contributed by atoms with Crippen molar-refractivity contribution in [2.45, 2.75) is 13.5 Å². The van der Waals surface area contributed by atoms with E-state index in [0.29, 0.717) is 6.54 Å². The zero-order valence-electron chi connectivity index (χ0n) is 7.17. The fraction of sp³-hybridized carbons (Fsp3) is 0.222. The molecule has 0 saturated carbocycles. The van der Waals surface area contributed by atoms with Gasteiger partial charge in [-0.05, 0) is 24.1 Å². The minimum absolute atomic E-state index is 0.512. The first kappa shape index (κ1) is 8.74. The first-order valence-electron chi connectivity index (χ1n) is 3.79. The van der Waals surface area contributed by atoms with Gasteiger partial charge in [-0.25, -0.2) is 0 Å². The van der Waals surface area contributed by atoms with Gasteiger partial charge in [0.2, 0.25) is 0 Å². The summed E-state index contributed by atoms with van der Waals surface area (Å²) >= 11 is 0. The lowest BCUT2D eigenvalue weighted by atomic mass is 10.1. The first-order chi connectivity index (χ1) is 5.77. The number of hydrazone groups is 1. The van der Waals surface area contributed by atoms with Gasteiger partial charge in [0.25, 0.3) is 0 Å². The summed E-state index contributed by atoms with van der Waals surface area (Å²) in [4.78, 5) is 0. The van der Waals surface area contributed by atoms with Gasteiger partial charge in [0.05, 0.1) is 5.69 Å². The third-order valence-corrected chi connectivity index (χ3v) is 1.68. The van der Waals surface area contributed by atoms with Crippen LogP contribution < -0.4 is 11.2 Å². The Morgan fingerprint density at radius 2 is 2.33 bits per heavy atom. The van der Waals surface area contributed by atoms with Crippen LogP contribution in [0.2, 0.25) is 0 Å². The summed E-state index contributed by atoms with van der Waals surface area (Å²) < 4.78 is 0. The van der Waals surface area contributed by atoms with Gasteiger partial charge in [0.15, 0.2) is 0 Å². The minimum Gasteiger partial charge on any atom is -0.326 e. The Morgan fingerprint density at radius 3 is 2.92 bits per heavy atom. The Hall–Kier alpha value is -1.35. The van der Waals surface area contributed by atoms with E-state index < -0.39 is 0 Å².